The van der Waals surface area contributed by atoms with Gasteiger partial charge in [0.25, 0.3) is 0 Å². The number of hydrogen-bond donors (Lipinski definition) is 1. The minimum absolute atomic E-state index is 0.00684. The number of rotatable bonds is 8. The van der Waals surface area contributed by atoms with Crippen LogP contribution in [0, 0.1) is 32.8 Å². The van der Waals surface area contributed by atoms with Gasteiger partial charge in [-0.2, -0.15) is 10.5 Å². The molecule has 2 rings (SSSR count). The summed E-state index contributed by atoms with van der Waals surface area (Å²) >= 11 is 0. The van der Waals surface area contributed by atoms with Crippen LogP contribution in [0.4, 0.5) is 23.1 Å². The van der Waals surface area contributed by atoms with Crippen LogP contribution in [0.5, 0.6) is 0 Å². The maximum atomic E-state index is 11.6. The highest BCUT2D eigenvalue weighted by Crippen LogP contribution is 2.33. The second-order valence-corrected chi connectivity index (χ2v) is 4.79. The molecule has 0 atom stereocenters. The summed E-state index contributed by atoms with van der Waals surface area (Å²) in [5.41, 5.74) is -0.330. The maximum Gasteiger partial charge on any atom is 0.353 e. The Balaban J connectivity index is 2.42. The van der Waals surface area contributed by atoms with Crippen molar-refractivity contribution < 1.29 is 4.92 Å². The third kappa shape index (κ3) is 4.59. The molecule has 25 heavy (non-hydrogen) atoms. The molecule has 0 saturated heterocycles. The maximum absolute atomic E-state index is 11.6. The molecule has 0 saturated carbocycles. The minimum atomic E-state index is -0.591. The van der Waals surface area contributed by atoms with Gasteiger partial charge in [0.05, 0.1) is 29.9 Å². The third-order valence-corrected chi connectivity index (χ3v) is 3.18. The lowest BCUT2D eigenvalue weighted by Crippen LogP contribution is -2.27. The number of nitriles is 2. The van der Waals surface area contributed by atoms with Gasteiger partial charge in [-0.15, -0.1) is 0 Å². The molecule has 2 aromatic heterocycles. The standard InChI is InChI=1S/C15H14N8O2/c16-6-3-9-22(10-4-7-17)15-13(23(24)25)14(19-11-20-15)21-12-5-1-2-8-18-12/h1-2,5,8,11H,3-4,9-10H2,(H,18,19,20,21). The first-order valence-corrected chi connectivity index (χ1v) is 7.33. The van der Waals surface area contributed by atoms with Crippen molar-refractivity contribution in [2.75, 3.05) is 23.3 Å². The summed E-state index contributed by atoms with van der Waals surface area (Å²) in [6.45, 7) is 0.443. The average Bonchev–Trinajstić information content (AvgIpc) is 2.62. The molecule has 0 spiro atoms. The van der Waals surface area contributed by atoms with E-state index in [1.54, 1.807) is 24.4 Å². The first-order valence-electron chi connectivity index (χ1n) is 7.33. The zero-order valence-electron chi connectivity index (χ0n) is 13.2. The van der Waals surface area contributed by atoms with Crippen LogP contribution in [0.2, 0.25) is 0 Å². The Labute approximate surface area is 143 Å². The second-order valence-electron chi connectivity index (χ2n) is 4.79. The van der Waals surface area contributed by atoms with Gasteiger partial charge in [0.15, 0.2) is 0 Å². The summed E-state index contributed by atoms with van der Waals surface area (Å²) in [6, 6.07) is 9.07. The highest BCUT2D eigenvalue weighted by Gasteiger charge is 2.27. The van der Waals surface area contributed by atoms with Crippen LogP contribution < -0.4 is 10.2 Å². The summed E-state index contributed by atoms with van der Waals surface area (Å²) in [5, 5.41) is 32.0. The monoisotopic (exact) mass is 338 g/mol. The molecule has 0 aliphatic rings. The summed E-state index contributed by atoms with van der Waals surface area (Å²) in [6.07, 6.45) is 3.03. The molecule has 2 aromatic rings. The predicted molar refractivity (Wildman–Crippen MR) is 88.9 cm³/mol. The number of nitro groups is 1. The third-order valence-electron chi connectivity index (χ3n) is 3.18. The van der Waals surface area contributed by atoms with E-state index in [4.69, 9.17) is 10.5 Å². The molecule has 126 valence electrons. The van der Waals surface area contributed by atoms with Crippen LogP contribution in [0.3, 0.4) is 0 Å². The van der Waals surface area contributed by atoms with Crippen LogP contribution >= 0.6 is 0 Å². The number of nitrogens with zero attached hydrogens (tertiary/aromatic N) is 7. The lowest BCUT2D eigenvalue weighted by Gasteiger charge is -2.21. The Morgan fingerprint density at radius 2 is 1.88 bits per heavy atom. The highest BCUT2D eigenvalue weighted by atomic mass is 16.6. The lowest BCUT2D eigenvalue weighted by molar-refractivity contribution is -0.383. The molecule has 0 bridgehead atoms. The molecule has 10 heteroatoms. The first kappa shape index (κ1) is 17.6. The molecule has 0 aliphatic heterocycles. The fourth-order valence-electron chi connectivity index (χ4n) is 2.11. The molecule has 10 nitrogen and oxygen atoms in total. The Hall–Kier alpha value is -3.79. The van der Waals surface area contributed by atoms with Crippen molar-refractivity contribution in [3.05, 3.63) is 40.8 Å². The van der Waals surface area contributed by atoms with Gasteiger partial charge in [0.1, 0.15) is 12.1 Å². The number of anilines is 3. The molecule has 0 fully saturated rings. The Bertz CT molecular complexity index is 795. The zero-order chi connectivity index (χ0) is 18.1. The summed E-state index contributed by atoms with van der Waals surface area (Å²) in [4.78, 5) is 24.5. The van der Waals surface area contributed by atoms with Crippen LogP contribution in [-0.4, -0.2) is 33.0 Å². The van der Waals surface area contributed by atoms with E-state index < -0.39 is 4.92 Å². The molecule has 0 amide bonds. The fraction of sp³-hybridized carbons (Fsp3) is 0.267. The van der Waals surface area contributed by atoms with Crippen molar-refractivity contribution in [1.82, 2.24) is 15.0 Å². The summed E-state index contributed by atoms with van der Waals surface area (Å²) < 4.78 is 0. The van der Waals surface area contributed by atoms with Crippen LogP contribution in [0.15, 0.2) is 30.7 Å². The highest BCUT2D eigenvalue weighted by molar-refractivity contribution is 5.73. The number of aromatic nitrogens is 3. The minimum Gasteiger partial charge on any atom is -0.349 e. The van der Waals surface area contributed by atoms with Crippen molar-refractivity contribution >= 4 is 23.1 Å². The summed E-state index contributed by atoms with van der Waals surface area (Å²) in [7, 11) is 0. The van der Waals surface area contributed by atoms with Gasteiger partial charge in [0, 0.05) is 19.3 Å². The number of nitrogens with one attached hydrogen (secondary N) is 1. The molecular weight excluding hydrogens is 324 g/mol. The molecular formula is C15H14N8O2. The van der Waals surface area contributed by atoms with Gasteiger partial charge in [-0.1, -0.05) is 6.07 Å². The van der Waals surface area contributed by atoms with Gasteiger partial charge in [0.2, 0.25) is 11.6 Å². The molecule has 0 aromatic carbocycles. The van der Waals surface area contributed by atoms with E-state index in [1.807, 2.05) is 12.1 Å². The van der Waals surface area contributed by atoms with Gasteiger partial charge in [-0.05, 0) is 12.1 Å². The average molecular weight is 338 g/mol. The Morgan fingerprint density at radius 3 is 2.44 bits per heavy atom. The van der Waals surface area contributed by atoms with Gasteiger partial charge in [-0.3, -0.25) is 10.1 Å². The Kier molecular flexibility index (Phi) is 6.14. The Morgan fingerprint density at radius 1 is 1.16 bits per heavy atom. The molecule has 2 heterocycles. The number of pyridine rings is 1. The van der Waals surface area contributed by atoms with E-state index in [1.165, 1.54) is 11.2 Å². The van der Waals surface area contributed by atoms with Crippen molar-refractivity contribution in [2.45, 2.75) is 12.8 Å². The van der Waals surface area contributed by atoms with Crippen molar-refractivity contribution in [2.24, 2.45) is 0 Å². The van der Waals surface area contributed by atoms with Gasteiger partial charge >= 0.3 is 5.69 Å². The molecule has 0 aliphatic carbocycles. The van der Waals surface area contributed by atoms with E-state index in [9.17, 15) is 10.1 Å². The number of hydrogen-bond acceptors (Lipinski definition) is 9. The molecule has 0 unspecified atom stereocenters. The SMILES string of the molecule is N#CCCN(CCC#N)c1ncnc(Nc2ccccn2)c1[N+](=O)[O-]. The largest absolute Gasteiger partial charge is 0.353 e. The van der Waals surface area contributed by atoms with E-state index >= 15 is 0 Å². The van der Waals surface area contributed by atoms with E-state index in [0.717, 1.165) is 0 Å². The smallest absolute Gasteiger partial charge is 0.349 e. The second kappa shape index (κ2) is 8.74. The quantitative estimate of drug-likeness (QED) is 0.565. The molecule has 1 N–H and O–H groups in total. The van der Waals surface area contributed by atoms with E-state index in [0.29, 0.717) is 5.82 Å². The van der Waals surface area contributed by atoms with Crippen LogP contribution in [-0.2, 0) is 0 Å². The van der Waals surface area contributed by atoms with Gasteiger partial charge in [-0.25, -0.2) is 15.0 Å². The molecule has 0 radical (unpaired) electrons. The van der Waals surface area contributed by atoms with Crippen LogP contribution in [0.1, 0.15) is 12.8 Å². The zero-order valence-corrected chi connectivity index (χ0v) is 13.2. The van der Waals surface area contributed by atoms with E-state index in [2.05, 4.69) is 20.3 Å². The lowest BCUT2D eigenvalue weighted by atomic mass is 10.3. The van der Waals surface area contributed by atoms with Crippen molar-refractivity contribution in [3.8, 4) is 12.1 Å². The van der Waals surface area contributed by atoms with E-state index in [-0.39, 0.29) is 43.3 Å². The first-order chi connectivity index (χ1) is 12.2. The van der Waals surface area contributed by atoms with Crippen molar-refractivity contribution in [1.29, 1.82) is 10.5 Å². The summed E-state index contributed by atoms with van der Waals surface area (Å²) in [5.74, 6) is 0.451. The predicted octanol–water partition coefficient (Wildman–Crippen LogP) is 2.16. The topological polar surface area (TPSA) is 145 Å². The van der Waals surface area contributed by atoms with Crippen LogP contribution in [0.25, 0.3) is 0 Å². The normalized spacial score (nSPS) is 9.68. The van der Waals surface area contributed by atoms with Crippen molar-refractivity contribution in [3.63, 3.8) is 0 Å². The van der Waals surface area contributed by atoms with Gasteiger partial charge < -0.3 is 10.2 Å². The fourth-order valence-corrected chi connectivity index (χ4v) is 2.11.